The molecule has 6 nitrogen and oxygen atoms in total. The Kier molecular flexibility index (Phi) is 3.41. The number of halogens is 1. The van der Waals surface area contributed by atoms with Crippen LogP contribution in [-0.2, 0) is 10.0 Å². The molecule has 100 valence electrons. The van der Waals surface area contributed by atoms with E-state index < -0.39 is 15.8 Å². The highest BCUT2D eigenvalue weighted by Gasteiger charge is 2.34. The summed E-state index contributed by atoms with van der Waals surface area (Å²) in [6, 6.07) is 2.51. The number of nitrogens with two attached hydrogens (primary N) is 2. The van der Waals surface area contributed by atoms with Crippen LogP contribution in [0, 0.1) is 0 Å². The number of aromatic hydroxyl groups is 1. The van der Waals surface area contributed by atoms with E-state index in [-0.39, 0.29) is 28.2 Å². The molecule has 8 heteroatoms. The highest BCUT2D eigenvalue weighted by molar-refractivity contribution is 7.89. The van der Waals surface area contributed by atoms with Crippen LogP contribution < -0.4 is 11.5 Å². The second-order valence-electron chi connectivity index (χ2n) is 4.23. The van der Waals surface area contributed by atoms with E-state index in [1.54, 1.807) is 0 Å². The fourth-order valence-electron chi connectivity index (χ4n) is 1.91. The summed E-state index contributed by atoms with van der Waals surface area (Å²) in [6.07, 6.45) is 0.583. The Bertz CT molecular complexity index is 576. The van der Waals surface area contributed by atoms with Gasteiger partial charge in [0, 0.05) is 19.1 Å². The van der Waals surface area contributed by atoms with Gasteiger partial charge in [-0.05, 0) is 18.6 Å². The molecule has 1 aliphatic rings. The Labute approximate surface area is 110 Å². The maximum absolute atomic E-state index is 12.3. The van der Waals surface area contributed by atoms with E-state index in [1.165, 1.54) is 16.4 Å². The molecule has 1 aliphatic heterocycles. The zero-order valence-corrected chi connectivity index (χ0v) is 11.1. The van der Waals surface area contributed by atoms with Crippen molar-refractivity contribution in [3.8, 4) is 5.75 Å². The second kappa shape index (κ2) is 4.58. The molecule has 5 N–H and O–H groups in total. The van der Waals surface area contributed by atoms with Crippen LogP contribution in [0.5, 0.6) is 5.75 Å². The van der Waals surface area contributed by atoms with Crippen LogP contribution >= 0.6 is 11.6 Å². The number of nitrogens with zero attached hydrogens (tertiary/aromatic N) is 1. The lowest BCUT2D eigenvalue weighted by Gasteiger charge is -2.18. The number of benzene rings is 1. The molecule has 0 aliphatic carbocycles. The van der Waals surface area contributed by atoms with E-state index in [0.717, 1.165) is 0 Å². The first-order chi connectivity index (χ1) is 8.34. The molecule has 18 heavy (non-hydrogen) atoms. The van der Waals surface area contributed by atoms with Crippen LogP contribution in [0.3, 0.4) is 0 Å². The number of phenols is 1. The van der Waals surface area contributed by atoms with Gasteiger partial charge < -0.3 is 16.6 Å². The number of nitrogen functional groups attached to an aromatic ring is 1. The average molecular weight is 292 g/mol. The van der Waals surface area contributed by atoms with Gasteiger partial charge in [0.15, 0.2) is 5.75 Å². The Morgan fingerprint density at radius 2 is 2.11 bits per heavy atom. The van der Waals surface area contributed by atoms with Crippen molar-refractivity contribution < 1.29 is 13.5 Å². The minimum atomic E-state index is -3.86. The summed E-state index contributed by atoms with van der Waals surface area (Å²) < 4.78 is 25.9. The predicted molar refractivity (Wildman–Crippen MR) is 68.9 cm³/mol. The molecule has 0 saturated carbocycles. The van der Waals surface area contributed by atoms with Crippen LogP contribution in [-0.4, -0.2) is 37.0 Å². The van der Waals surface area contributed by atoms with Crippen molar-refractivity contribution in [2.75, 3.05) is 18.8 Å². The van der Waals surface area contributed by atoms with Gasteiger partial charge in [0.2, 0.25) is 10.0 Å². The van der Waals surface area contributed by atoms with Gasteiger partial charge in [0.1, 0.15) is 4.90 Å². The summed E-state index contributed by atoms with van der Waals surface area (Å²) in [5.41, 5.74) is 11.1. The van der Waals surface area contributed by atoms with Gasteiger partial charge in [-0.3, -0.25) is 0 Å². The molecule has 1 atom stereocenters. The molecular weight excluding hydrogens is 278 g/mol. The lowest BCUT2D eigenvalue weighted by atomic mass is 10.3. The molecule has 1 unspecified atom stereocenters. The van der Waals surface area contributed by atoms with Crippen molar-refractivity contribution in [2.24, 2.45) is 5.73 Å². The Hall–Kier alpha value is -1.02. The molecule has 0 spiro atoms. The van der Waals surface area contributed by atoms with E-state index in [1.807, 2.05) is 0 Å². The van der Waals surface area contributed by atoms with Gasteiger partial charge in [-0.25, -0.2) is 8.42 Å². The maximum Gasteiger partial charge on any atom is 0.248 e. The van der Waals surface area contributed by atoms with E-state index in [9.17, 15) is 13.5 Å². The third-order valence-electron chi connectivity index (χ3n) is 2.90. The standard InChI is InChI=1S/C10H14ClN3O3S/c11-7-1-2-8(13)9(15)10(7)18(16,17)14-4-3-6(12)5-14/h1-2,6,15H,3-5,12-13H2. The first-order valence-corrected chi connectivity index (χ1v) is 7.18. The molecule has 1 heterocycles. The zero-order chi connectivity index (χ0) is 13.5. The summed E-state index contributed by atoms with van der Waals surface area (Å²) in [5, 5.41) is 9.74. The number of rotatable bonds is 2. The minimum absolute atomic E-state index is 0.0264. The number of anilines is 1. The van der Waals surface area contributed by atoms with Crippen LogP contribution in [0.1, 0.15) is 6.42 Å². The topological polar surface area (TPSA) is 110 Å². The first-order valence-electron chi connectivity index (χ1n) is 5.36. The molecule has 0 aromatic heterocycles. The third-order valence-corrected chi connectivity index (χ3v) is 5.27. The number of hydrogen-bond acceptors (Lipinski definition) is 5. The lowest BCUT2D eigenvalue weighted by molar-refractivity contribution is 0.444. The summed E-state index contributed by atoms with van der Waals surface area (Å²) in [4.78, 5) is -0.349. The summed E-state index contributed by atoms with van der Waals surface area (Å²) in [7, 11) is -3.86. The van der Waals surface area contributed by atoms with Crippen molar-refractivity contribution in [2.45, 2.75) is 17.4 Å². The van der Waals surface area contributed by atoms with E-state index >= 15 is 0 Å². The van der Waals surface area contributed by atoms with Crippen molar-refractivity contribution in [1.29, 1.82) is 0 Å². The number of hydrogen-bond donors (Lipinski definition) is 3. The fourth-order valence-corrected chi connectivity index (χ4v) is 4.02. The van der Waals surface area contributed by atoms with Crippen LogP contribution in [0.2, 0.25) is 5.02 Å². The monoisotopic (exact) mass is 291 g/mol. The minimum Gasteiger partial charge on any atom is -0.504 e. The van der Waals surface area contributed by atoms with E-state index in [4.69, 9.17) is 23.1 Å². The summed E-state index contributed by atoms with van der Waals surface area (Å²) in [6.45, 7) is 0.529. The first kappa shape index (κ1) is 13.4. The quantitative estimate of drug-likeness (QED) is 0.538. The largest absolute Gasteiger partial charge is 0.504 e. The van der Waals surface area contributed by atoms with Gasteiger partial charge >= 0.3 is 0 Å². The fraction of sp³-hybridized carbons (Fsp3) is 0.400. The molecule has 0 amide bonds. The Balaban J connectivity index is 2.51. The molecule has 2 rings (SSSR count). The molecular formula is C10H14ClN3O3S. The van der Waals surface area contributed by atoms with Crippen LogP contribution in [0.25, 0.3) is 0 Å². The summed E-state index contributed by atoms with van der Waals surface area (Å²) >= 11 is 5.85. The van der Waals surface area contributed by atoms with Gasteiger partial charge in [0.05, 0.1) is 10.7 Å². The zero-order valence-electron chi connectivity index (χ0n) is 9.51. The highest BCUT2D eigenvalue weighted by atomic mass is 35.5. The molecule has 0 bridgehead atoms. The van der Waals surface area contributed by atoms with E-state index in [0.29, 0.717) is 13.0 Å². The Morgan fingerprint density at radius 3 is 2.67 bits per heavy atom. The number of phenolic OH excluding ortho intramolecular Hbond substituents is 1. The van der Waals surface area contributed by atoms with Gasteiger partial charge in [-0.15, -0.1) is 0 Å². The van der Waals surface area contributed by atoms with Crippen LogP contribution in [0.15, 0.2) is 17.0 Å². The molecule has 1 fully saturated rings. The van der Waals surface area contributed by atoms with Gasteiger partial charge in [0.25, 0.3) is 0 Å². The molecule has 1 saturated heterocycles. The van der Waals surface area contributed by atoms with Crippen LogP contribution in [0.4, 0.5) is 5.69 Å². The third kappa shape index (κ3) is 2.14. The average Bonchev–Trinajstić information content (AvgIpc) is 2.71. The van der Waals surface area contributed by atoms with Crippen molar-refractivity contribution in [3.63, 3.8) is 0 Å². The Morgan fingerprint density at radius 1 is 1.44 bits per heavy atom. The van der Waals surface area contributed by atoms with E-state index in [2.05, 4.69) is 0 Å². The van der Waals surface area contributed by atoms with Crippen molar-refractivity contribution in [3.05, 3.63) is 17.2 Å². The highest BCUT2D eigenvalue weighted by Crippen LogP contribution is 2.37. The van der Waals surface area contributed by atoms with Crippen molar-refractivity contribution >= 4 is 27.3 Å². The smallest absolute Gasteiger partial charge is 0.248 e. The maximum atomic E-state index is 12.3. The molecule has 1 aromatic carbocycles. The normalized spacial score (nSPS) is 21.3. The summed E-state index contributed by atoms with van der Waals surface area (Å²) in [5.74, 6) is -0.511. The lowest BCUT2D eigenvalue weighted by Crippen LogP contribution is -2.32. The molecule has 0 radical (unpaired) electrons. The van der Waals surface area contributed by atoms with Gasteiger partial charge in [-0.2, -0.15) is 4.31 Å². The van der Waals surface area contributed by atoms with Gasteiger partial charge in [-0.1, -0.05) is 11.6 Å². The predicted octanol–water partition coefficient (Wildman–Crippen LogP) is 0.350. The molecule has 1 aromatic rings. The SMILES string of the molecule is Nc1ccc(Cl)c(S(=O)(=O)N2CCC(N)C2)c1O. The van der Waals surface area contributed by atoms with Crippen molar-refractivity contribution in [1.82, 2.24) is 4.31 Å². The second-order valence-corrected chi connectivity index (χ2v) is 6.51. The number of sulfonamides is 1.